The summed E-state index contributed by atoms with van der Waals surface area (Å²) in [6, 6.07) is 0. The number of carbonyl (C=O) groups excluding carboxylic acids is 1. The molecule has 1 fully saturated rings. The van der Waals surface area contributed by atoms with Gasteiger partial charge in [-0.1, -0.05) is 0 Å². The van der Waals surface area contributed by atoms with Gasteiger partial charge in [-0.15, -0.1) is 0 Å². The fourth-order valence-electron chi connectivity index (χ4n) is 1.51. The molecule has 15 heavy (non-hydrogen) atoms. The summed E-state index contributed by atoms with van der Waals surface area (Å²) in [6.45, 7) is 5.64. The Balaban J connectivity index is 2.80. The molecule has 1 heterocycles. The van der Waals surface area contributed by atoms with E-state index in [1.165, 1.54) is 0 Å². The molecule has 1 saturated heterocycles. The van der Waals surface area contributed by atoms with E-state index in [1.807, 2.05) is 0 Å². The highest BCUT2D eigenvalue weighted by Crippen LogP contribution is 2.56. The molecule has 2 atom stereocenters. The highest BCUT2D eigenvalue weighted by molar-refractivity contribution is 7.55. The Bertz CT molecular complexity index is 268. The first-order chi connectivity index (χ1) is 7.03. The van der Waals surface area contributed by atoms with Gasteiger partial charge in [0.25, 0.3) is 0 Å². The predicted molar refractivity (Wildman–Crippen MR) is 54.8 cm³/mol. The second kappa shape index (κ2) is 5.21. The van der Waals surface area contributed by atoms with Crippen molar-refractivity contribution in [3.8, 4) is 0 Å². The normalized spacial score (nSPS) is 27.3. The van der Waals surface area contributed by atoms with Crippen molar-refractivity contribution in [1.29, 1.82) is 0 Å². The van der Waals surface area contributed by atoms with Crippen LogP contribution in [0.15, 0.2) is 0 Å². The maximum Gasteiger partial charge on any atom is 0.366 e. The molecule has 0 aliphatic carbocycles. The Hall–Kier alpha value is -0.220. The first kappa shape index (κ1) is 12.8. The van der Waals surface area contributed by atoms with Gasteiger partial charge >= 0.3 is 7.60 Å². The van der Waals surface area contributed by atoms with Crippen molar-refractivity contribution in [2.24, 2.45) is 0 Å². The number of hydrogen-bond donors (Lipinski definition) is 0. The molecule has 6 heteroatoms. The molecular formula is C9H17O5P. The summed E-state index contributed by atoms with van der Waals surface area (Å²) in [5.74, 6) is -1.24. The lowest BCUT2D eigenvalue weighted by atomic mass is 10.2. The van der Waals surface area contributed by atoms with Gasteiger partial charge in [-0.3, -0.25) is 9.36 Å². The van der Waals surface area contributed by atoms with E-state index in [0.29, 0.717) is 0 Å². The van der Waals surface area contributed by atoms with Crippen LogP contribution in [-0.4, -0.2) is 30.9 Å². The largest absolute Gasteiger partial charge is 0.366 e. The molecule has 1 unspecified atom stereocenters. The van der Waals surface area contributed by atoms with Crippen molar-refractivity contribution in [2.75, 3.05) is 13.2 Å². The van der Waals surface area contributed by atoms with Crippen molar-refractivity contribution in [1.82, 2.24) is 0 Å². The summed E-state index contributed by atoms with van der Waals surface area (Å²) in [6.07, 6.45) is 0.0613. The van der Waals surface area contributed by atoms with Crippen molar-refractivity contribution in [3.63, 3.8) is 0 Å². The smallest absolute Gasteiger partial charge is 0.355 e. The molecule has 0 amide bonds. The second-order valence-electron chi connectivity index (χ2n) is 3.34. The Kier molecular flexibility index (Phi) is 4.46. The second-order valence-corrected chi connectivity index (χ2v) is 5.41. The molecule has 5 nitrogen and oxygen atoms in total. The van der Waals surface area contributed by atoms with E-state index in [1.54, 1.807) is 20.8 Å². The van der Waals surface area contributed by atoms with Crippen LogP contribution in [0, 0.1) is 0 Å². The van der Waals surface area contributed by atoms with Crippen LogP contribution in [0.4, 0.5) is 0 Å². The molecular weight excluding hydrogens is 219 g/mol. The van der Waals surface area contributed by atoms with Crippen LogP contribution >= 0.6 is 7.60 Å². The van der Waals surface area contributed by atoms with Gasteiger partial charge in [0.2, 0.25) is 5.85 Å². The number of rotatable bonds is 5. The van der Waals surface area contributed by atoms with E-state index in [0.717, 1.165) is 0 Å². The molecule has 0 N–H and O–H groups in total. The average Bonchev–Trinajstić information content (AvgIpc) is 2.46. The summed E-state index contributed by atoms with van der Waals surface area (Å²) in [5, 5.41) is 0. The molecule has 1 aliphatic heterocycles. The molecule has 88 valence electrons. The summed E-state index contributed by atoms with van der Waals surface area (Å²) in [7, 11) is -3.43. The quantitative estimate of drug-likeness (QED) is 0.683. The van der Waals surface area contributed by atoms with Gasteiger partial charge in [-0.25, -0.2) is 0 Å². The zero-order chi connectivity index (χ0) is 11.5. The molecule has 0 aromatic rings. The van der Waals surface area contributed by atoms with Gasteiger partial charge in [0.1, 0.15) is 0 Å². The van der Waals surface area contributed by atoms with Gasteiger partial charge < -0.3 is 13.8 Å². The zero-order valence-electron chi connectivity index (χ0n) is 9.26. The summed E-state index contributed by atoms with van der Waals surface area (Å²) in [4.78, 5) is 11.5. The van der Waals surface area contributed by atoms with E-state index < -0.39 is 13.4 Å². The number of Topliss-reactive ketones (excluding diaryl/α,β-unsaturated/α-hetero) is 1. The summed E-state index contributed by atoms with van der Waals surface area (Å²) in [5.41, 5.74) is 0. The number of ether oxygens (including phenoxy) is 1. The van der Waals surface area contributed by atoms with E-state index in [2.05, 4.69) is 0 Å². The third kappa shape index (κ3) is 2.88. The third-order valence-corrected chi connectivity index (χ3v) is 4.25. The molecule has 0 aromatic heterocycles. The summed E-state index contributed by atoms with van der Waals surface area (Å²) < 4.78 is 27.6. The van der Waals surface area contributed by atoms with Crippen LogP contribution in [0.3, 0.4) is 0 Å². The lowest BCUT2D eigenvalue weighted by Gasteiger charge is -2.21. The van der Waals surface area contributed by atoms with E-state index in [-0.39, 0.29) is 31.5 Å². The highest BCUT2D eigenvalue weighted by Gasteiger charge is 2.47. The molecule has 0 bridgehead atoms. The Morgan fingerprint density at radius 1 is 1.40 bits per heavy atom. The zero-order valence-corrected chi connectivity index (χ0v) is 10.2. The number of carbonyl (C=O) groups is 1. The van der Waals surface area contributed by atoms with Crippen LogP contribution < -0.4 is 0 Å². The van der Waals surface area contributed by atoms with Crippen LogP contribution in [-0.2, 0) is 23.1 Å². The Morgan fingerprint density at radius 3 is 2.27 bits per heavy atom. The van der Waals surface area contributed by atoms with Crippen LogP contribution in [0.25, 0.3) is 0 Å². The molecule has 0 radical (unpaired) electrons. The Labute approximate surface area is 89.6 Å². The minimum atomic E-state index is -3.43. The average molecular weight is 236 g/mol. The lowest BCUT2D eigenvalue weighted by molar-refractivity contribution is -0.120. The topological polar surface area (TPSA) is 61.8 Å². The van der Waals surface area contributed by atoms with Crippen molar-refractivity contribution >= 4 is 13.4 Å². The minimum absolute atomic E-state index is 0.201. The fourth-order valence-corrected chi connectivity index (χ4v) is 3.39. The van der Waals surface area contributed by atoms with Crippen LogP contribution in [0.5, 0.6) is 0 Å². The van der Waals surface area contributed by atoms with E-state index in [4.69, 9.17) is 13.8 Å². The van der Waals surface area contributed by atoms with Gasteiger partial charge in [0.05, 0.1) is 19.3 Å². The SMILES string of the molecule is CCOP(=O)(OCC)C1O[C@@H](C)CC1=O. The minimum Gasteiger partial charge on any atom is -0.355 e. The van der Waals surface area contributed by atoms with E-state index in [9.17, 15) is 9.36 Å². The first-order valence-corrected chi connectivity index (χ1v) is 6.71. The van der Waals surface area contributed by atoms with Crippen molar-refractivity contribution in [3.05, 3.63) is 0 Å². The number of ketones is 1. The van der Waals surface area contributed by atoms with Gasteiger partial charge in [0, 0.05) is 6.42 Å². The highest BCUT2D eigenvalue weighted by atomic mass is 31.2. The van der Waals surface area contributed by atoms with Crippen molar-refractivity contribution < 1.29 is 23.1 Å². The lowest BCUT2D eigenvalue weighted by Crippen LogP contribution is -2.19. The molecule has 0 spiro atoms. The van der Waals surface area contributed by atoms with Crippen LogP contribution in [0.2, 0.25) is 0 Å². The third-order valence-electron chi connectivity index (χ3n) is 2.03. The van der Waals surface area contributed by atoms with Crippen LogP contribution in [0.1, 0.15) is 27.2 Å². The molecule has 0 aromatic carbocycles. The molecule has 1 aliphatic rings. The number of hydrogen-bond acceptors (Lipinski definition) is 5. The predicted octanol–water partition coefficient (Wildman–Crippen LogP) is 1.96. The maximum atomic E-state index is 12.2. The molecule has 0 saturated carbocycles. The summed E-state index contributed by atoms with van der Waals surface area (Å²) >= 11 is 0. The van der Waals surface area contributed by atoms with Gasteiger partial charge in [-0.2, -0.15) is 0 Å². The van der Waals surface area contributed by atoms with E-state index >= 15 is 0 Å². The first-order valence-electron chi connectivity index (χ1n) is 5.10. The van der Waals surface area contributed by atoms with Crippen molar-refractivity contribution in [2.45, 2.75) is 39.1 Å². The van der Waals surface area contributed by atoms with Gasteiger partial charge in [-0.05, 0) is 20.8 Å². The standard InChI is InChI=1S/C9H17O5P/c1-4-12-15(11,13-5-2)9-8(10)6-7(3)14-9/h7,9H,4-6H2,1-3H3/t7-,9?/m0/s1. The molecule has 1 rings (SSSR count). The van der Waals surface area contributed by atoms with Gasteiger partial charge in [0.15, 0.2) is 5.78 Å². The fraction of sp³-hybridized carbons (Fsp3) is 0.889. The Morgan fingerprint density at radius 2 is 1.93 bits per heavy atom. The maximum absolute atomic E-state index is 12.2. The monoisotopic (exact) mass is 236 g/mol.